The number of fused-ring (bicyclic) bond motifs is 1. The van der Waals surface area contributed by atoms with Gasteiger partial charge in [0.1, 0.15) is 6.61 Å². The van der Waals surface area contributed by atoms with Gasteiger partial charge in [0.15, 0.2) is 17.2 Å². The van der Waals surface area contributed by atoms with Crippen molar-refractivity contribution in [3.63, 3.8) is 0 Å². The van der Waals surface area contributed by atoms with Crippen molar-refractivity contribution >= 4 is 11.6 Å². The Balaban J connectivity index is 1.62. The first kappa shape index (κ1) is 18.8. The molecule has 0 radical (unpaired) electrons. The van der Waals surface area contributed by atoms with Gasteiger partial charge in [-0.05, 0) is 50.5 Å². The van der Waals surface area contributed by atoms with Crippen molar-refractivity contribution in [3.8, 4) is 5.75 Å². The van der Waals surface area contributed by atoms with Gasteiger partial charge in [-0.25, -0.2) is 13.9 Å². The smallest absolute Gasteiger partial charge is 0.306 e. The monoisotopic (exact) mass is 371 g/mol. The first-order valence-electron chi connectivity index (χ1n) is 8.69. The van der Waals surface area contributed by atoms with Gasteiger partial charge in [0.2, 0.25) is 0 Å². The summed E-state index contributed by atoms with van der Waals surface area (Å²) in [5, 5.41) is 4.43. The zero-order valence-corrected chi connectivity index (χ0v) is 15.9. The molecule has 0 aliphatic rings. The molecule has 0 N–H and O–H groups in total. The van der Waals surface area contributed by atoms with Gasteiger partial charge < -0.3 is 9.47 Å². The number of carbonyl (C=O) groups is 1. The van der Waals surface area contributed by atoms with E-state index < -0.39 is 5.82 Å². The number of benzene rings is 1. The average molecular weight is 371 g/mol. The fourth-order valence-electron chi connectivity index (χ4n) is 3.07. The van der Waals surface area contributed by atoms with Gasteiger partial charge in [-0.3, -0.25) is 4.79 Å². The maximum atomic E-state index is 13.7. The van der Waals surface area contributed by atoms with E-state index in [0.29, 0.717) is 12.0 Å². The number of carbonyl (C=O) groups excluding carboxylic acids is 1. The predicted molar refractivity (Wildman–Crippen MR) is 98.3 cm³/mol. The van der Waals surface area contributed by atoms with Gasteiger partial charge in [0.05, 0.1) is 12.8 Å². The van der Waals surface area contributed by atoms with Crippen molar-refractivity contribution in [2.75, 3.05) is 7.11 Å². The zero-order chi connectivity index (χ0) is 19.6. The van der Waals surface area contributed by atoms with Crippen LogP contribution in [0.15, 0.2) is 24.3 Å². The van der Waals surface area contributed by atoms with Crippen LogP contribution in [0, 0.1) is 26.6 Å². The van der Waals surface area contributed by atoms with Crippen molar-refractivity contribution < 1.29 is 18.7 Å². The largest absolute Gasteiger partial charge is 0.494 e. The van der Waals surface area contributed by atoms with Gasteiger partial charge in [-0.2, -0.15) is 5.10 Å². The SMILES string of the molecule is COc1ccc(COC(=O)CCc2c(C)nc3cc(C)nn3c2C)cc1F. The van der Waals surface area contributed by atoms with Crippen LogP contribution < -0.4 is 4.74 Å². The Morgan fingerprint density at radius 1 is 1.22 bits per heavy atom. The minimum atomic E-state index is -0.480. The molecule has 0 unspecified atom stereocenters. The lowest BCUT2D eigenvalue weighted by Crippen LogP contribution is -2.10. The highest BCUT2D eigenvalue weighted by molar-refractivity contribution is 5.70. The van der Waals surface area contributed by atoms with Crippen molar-refractivity contribution in [1.29, 1.82) is 0 Å². The molecule has 3 rings (SSSR count). The molecule has 2 heterocycles. The molecule has 0 spiro atoms. The Morgan fingerprint density at radius 2 is 2.00 bits per heavy atom. The van der Waals surface area contributed by atoms with Gasteiger partial charge in [0, 0.05) is 23.9 Å². The molecule has 2 aromatic heterocycles. The Kier molecular flexibility index (Phi) is 5.39. The summed E-state index contributed by atoms with van der Waals surface area (Å²) in [5.74, 6) is -0.666. The van der Waals surface area contributed by atoms with E-state index in [4.69, 9.17) is 9.47 Å². The third kappa shape index (κ3) is 4.07. The summed E-state index contributed by atoms with van der Waals surface area (Å²) in [7, 11) is 1.40. The Morgan fingerprint density at radius 3 is 2.70 bits per heavy atom. The summed E-state index contributed by atoms with van der Waals surface area (Å²) in [5.41, 5.74) is 5.10. The number of aromatic nitrogens is 3. The van der Waals surface area contributed by atoms with Crippen molar-refractivity contribution in [1.82, 2.24) is 14.6 Å². The molecule has 0 atom stereocenters. The van der Waals surface area contributed by atoms with Crippen LogP contribution in [0.3, 0.4) is 0 Å². The predicted octanol–water partition coefficient (Wildman–Crippen LogP) is 3.48. The third-order valence-corrected chi connectivity index (χ3v) is 4.48. The lowest BCUT2D eigenvalue weighted by Gasteiger charge is -2.11. The van der Waals surface area contributed by atoms with E-state index in [2.05, 4.69) is 10.1 Å². The highest BCUT2D eigenvalue weighted by Crippen LogP contribution is 2.19. The lowest BCUT2D eigenvalue weighted by atomic mass is 10.1. The summed E-state index contributed by atoms with van der Waals surface area (Å²) < 4.78 is 25.6. The summed E-state index contributed by atoms with van der Waals surface area (Å²) in [6, 6.07) is 6.41. The summed E-state index contributed by atoms with van der Waals surface area (Å²) in [4.78, 5) is 16.7. The number of hydrogen-bond acceptors (Lipinski definition) is 5. The number of esters is 1. The van der Waals surface area contributed by atoms with Gasteiger partial charge in [-0.15, -0.1) is 0 Å². The Bertz CT molecular complexity index is 998. The topological polar surface area (TPSA) is 65.7 Å². The van der Waals surface area contributed by atoms with Gasteiger partial charge >= 0.3 is 5.97 Å². The van der Waals surface area contributed by atoms with Crippen LogP contribution in [0.5, 0.6) is 5.75 Å². The zero-order valence-electron chi connectivity index (χ0n) is 15.9. The number of halogens is 1. The lowest BCUT2D eigenvalue weighted by molar-refractivity contribution is -0.144. The first-order chi connectivity index (χ1) is 12.9. The number of rotatable bonds is 6. The highest BCUT2D eigenvalue weighted by atomic mass is 19.1. The van der Waals surface area contributed by atoms with Crippen LogP contribution in [0.2, 0.25) is 0 Å². The van der Waals surface area contributed by atoms with Crippen LogP contribution in [0.25, 0.3) is 5.65 Å². The number of nitrogens with zero attached hydrogens (tertiary/aromatic N) is 3. The molecule has 3 aromatic rings. The highest BCUT2D eigenvalue weighted by Gasteiger charge is 2.14. The molecule has 0 fully saturated rings. The minimum absolute atomic E-state index is 0.0212. The molecule has 6 nitrogen and oxygen atoms in total. The molecule has 0 aliphatic carbocycles. The molecule has 0 bridgehead atoms. The third-order valence-electron chi connectivity index (χ3n) is 4.48. The van der Waals surface area contributed by atoms with E-state index in [-0.39, 0.29) is 24.7 Å². The summed E-state index contributed by atoms with van der Waals surface area (Å²) >= 11 is 0. The first-order valence-corrected chi connectivity index (χ1v) is 8.69. The van der Waals surface area contributed by atoms with Crippen molar-refractivity contribution in [2.24, 2.45) is 0 Å². The second kappa shape index (κ2) is 7.73. The molecule has 7 heteroatoms. The molecule has 0 saturated carbocycles. The molecule has 27 heavy (non-hydrogen) atoms. The molecule has 142 valence electrons. The van der Waals surface area contributed by atoms with Gasteiger partial charge in [0.25, 0.3) is 0 Å². The molecule has 1 aromatic carbocycles. The van der Waals surface area contributed by atoms with E-state index in [1.165, 1.54) is 19.2 Å². The van der Waals surface area contributed by atoms with Crippen LogP contribution in [-0.4, -0.2) is 27.7 Å². The molecule has 0 saturated heterocycles. The van der Waals surface area contributed by atoms with Crippen molar-refractivity contribution in [3.05, 3.63) is 58.3 Å². The fraction of sp³-hybridized carbons (Fsp3) is 0.350. The second-order valence-electron chi connectivity index (χ2n) is 6.45. The standard InChI is InChI=1S/C20H22FN3O3/c1-12-9-19-22-13(2)16(14(3)24(19)23-12)6-8-20(25)27-11-15-5-7-18(26-4)17(21)10-15/h5,7,9-10H,6,8,11H2,1-4H3. The van der Waals surface area contributed by atoms with E-state index >= 15 is 0 Å². The molecular weight excluding hydrogens is 349 g/mol. The average Bonchev–Trinajstić information content (AvgIpc) is 3.00. The molecule has 0 amide bonds. The van der Waals surface area contributed by atoms with Crippen LogP contribution >= 0.6 is 0 Å². The summed E-state index contributed by atoms with van der Waals surface area (Å²) in [6.07, 6.45) is 0.725. The maximum absolute atomic E-state index is 13.7. The molecular formula is C20H22FN3O3. The second-order valence-corrected chi connectivity index (χ2v) is 6.45. The van der Waals surface area contributed by atoms with Crippen molar-refractivity contribution in [2.45, 2.75) is 40.2 Å². The van der Waals surface area contributed by atoms with E-state index in [1.807, 2.05) is 26.8 Å². The Labute approximate surface area is 156 Å². The fourth-order valence-corrected chi connectivity index (χ4v) is 3.07. The Hall–Kier alpha value is -2.96. The minimum Gasteiger partial charge on any atom is -0.494 e. The number of hydrogen-bond donors (Lipinski definition) is 0. The van der Waals surface area contributed by atoms with Crippen LogP contribution in [-0.2, 0) is 22.6 Å². The van der Waals surface area contributed by atoms with E-state index in [1.54, 1.807) is 10.6 Å². The molecule has 0 aliphatic heterocycles. The quantitative estimate of drug-likeness (QED) is 0.621. The maximum Gasteiger partial charge on any atom is 0.306 e. The van der Waals surface area contributed by atoms with E-state index in [0.717, 1.165) is 28.3 Å². The summed E-state index contributed by atoms with van der Waals surface area (Å²) in [6.45, 7) is 5.83. The number of methoxy groups -OCH3 is 1. The van der Waals surface area contributed by atoms with Crippen LogP contribution in [0.4, 0.5) is 4.39 Å². The number of ether oxygens (including phenoxy) is 2. The van der Waals surface area contributed by atoms with Crippen LogP contribution in [0.1, 0.15) is 34.6 Å². The number of aryl methyl sites for hydroxylation is 3. The van der Waals surface area contributed by atoms with Gasteiger partial charge in [-0.1, -0.05) is 6.07 Å². The normalized spacial score (nSPS) is 11.0. The van der Waals surface area contributed by atoms with E-state index in [9.17, 15) is 9.18 Å².